The molecule has 0 unspecified atom stereocenters. The van der Waals surface area contributed by atoms with Crippen molar-refractivity contribution in [3.05, 3.63) is 29.8 Å². The fourth-order valence-electron chi connectivity index (χ4n) is 2.43. The van der Waals surface area contributed by atoms with Crippen LogP contribution in [0.15, 0.2) is 24.3 Å². The minimum absolute atomic E-state index is 0.125. The number of amides is 2. The molecule has 4 heteroatoms. The van der Waals surface area contributed by atoms with E-state index >= 15 is 0 Å². The molecule has 0 heterocycles. The molecule has 1 rings (SSSR count). The van der Waals surface area contributed by atoms with Crippen molar-refractivity contribution in [2.24, 2.45) is 0 Å². The van der Waals surface area contributed by atoms with Crippen LogP contribution in [-0.2, 0) is 6.42 Å². The highest BCUT2D eigenvalue weighted by atomic mass is 16.2. The van der Waals surface area contributed by atoms with Gasteiger partial charge in [-0.25, -0.2) is 4.79 Å². The first-order valence-electron chi connectivity index (χ1n) is 9.05. The molecule has 0 saturated carbocycles. The SMILES string of the molecule is CCCCN(CCCC)CCNC(=O)Nc1ccc(CC)cc1. The minimum atomic E-state index is -0.125. The number of carbonyl (C=O) groups excluding carboxylic acids is 1. The molecule has 0 aliphatic carbocycles. The van der Waals surface area contributed by atoms with Gasteiger partial charge in [-0.2, -0.15) is 0 Å². The summed E-state index contributed by atoms with van der Waals surface area (Å²) in [4.78, 5) is 14.4. The van der Waals surface area contributed by atoms with E-state index in [9.17, 15) is 4.79 Å². The lowest BCUT2D eigenvalue weighted by atomic mass is 10.1. The molecule has 2 N–H and O–H groups in total. The standard InChI is InChI=1S/C19H33N3O/c1-4-7-14-22(15-8-5-2)16-13-20-19(23)21-18-11-9-17(6-3)10-12-18/h9-12H,4-8,13-16H2,1-3H3,(H2,20,21,23). The van der Waals surface area contributed by atoms with Gasteiger partial charge in [-0.1, -0.05) is 45.7 Å². The van der Waals surface area contributed by atoms with E-state index in [1.165, 1.54) is 31.2 Å². The molecule has 1 aromatic rings. The molecule has 0 aliphatic rings. The third-order valence-corrected chi connectivity index (χ3v) is 3.99. The largest absolute Gasteiger partial charge is 0.337 e. The summed E-state index contributed by atoms with van der Waals surface area (Å²) in [5, 5.41) is 5.84. The van der Waals surface area contributed by atoms with Crippen molar-refractivity contribution in [3.63, 3.8) is 0 Å². The predicted molar refractivity (Wildman–Crippen MR) is 99.1 cm³/mol. The van der Waals surface area contributed by atoms with Crippen LogP contribution in [0.4, 0.5) is 10.5 Å². The maximum Gasteiger partial charge on any atom is 0.319 e. The number of hydrogen-bond acceptors (Lipinski definition) is 2. The summed E-state index contributed by atoms with van der Waals surface area (Å²) in [6, 6.07) is 7.88. The molecule has 0 spiro atoms. The molecule has 1 aromatic carbocycles. The number of anilines is 1. The van der Waals surface area contributed by atoms with Crippen molar-refractivity contribution in [1.82, 2.24) is 10.2 Å². The van der Waals surface area contributed by atoms with Crippen molar-refractivity contribution >= 4 is 11.7 Å². The molecule has 130 valence electrons. The van der Waals surface area contributed by atoms with Crippen LogP contribution in [0.2, 0.25) is 0 Å². The summed E-state index contributed by atoms with van der Waals surface area (Å²) >= 11 is 0. The lowest BCUT2D eigenvalue weighted by Crippen LogP contribution is -2.37. The fraction of sp³-hybridized carbons (Fsp3) is 0.632. The van der Waals surface area contributed by atoms with Gasteiger partial charge >= 0.3 is 6.03 Å². The van der Waals surface area contributed by atoms with Gasteiger partial charge in [0.05, 0.1) is 0 Å². The van der Waals surface area contributed by atoms with Crippen molar-refractivity contribution in [2.45, 2.75) is 52.9 Å². The number of urea groups is 1. The first kappa shape index (κ1) is 19.5. The van der Waals surface area contributed by atoms with E-state index in [0.717, 1.165) is 31.7 Å². The van der Waals surface area contributed by atoms with Crippen molar-refractivity contribution in [1.29, 1.82) is 0 Å². The first-order valence-corrected chi connectivity index (χ1v) is 9.05. The number of unbranched alkanes of at least 4 members (excludes halogenated alkanes) is 2. The number of benzene rings is 1. The van der Waals surface area contributed by atoms with Crippen molar-refractivity contribution in [3.8, 4) is 0 Å². The number of aryl methyl sites for hydroxylation is 1. The van der Waals surface area contributed by atoms with Crippen molar-refractivity contribution in [2.75, 3.05) is 31.5 Å². The summed E-state index contributed by atoms with van der Waals surface area (Å²) in [6.07, 6.45) is 5.88. The van der Waals surface area contributed by atoms with Crippen LogP contribution < -0.4 is 10.6 Å². The Morgan fingerprint density at radius 3 is 2.09 bits per heavy atom. The smallest absolute Gasteiger partial charge is 0.319 e. The molecular formula is C19H33N3O. The second-order valence-corrected chi connectivity index (χ2v) is 5.98. The lowest BCUT2D eigenvalue weighted by Gasteiger charge is -2.22. The highest BCUT2D eigenvalue weighted by molar-refractivity contribution is 5.89. The molecule has 0 aliphatic heterocycles. The van der Waals surface area contributed by atoms with Gasteiger partial charge < -0.3 is 15.5 Å². The highest BCUT2D eigenvalue weighted by Crippen LogP contribution is 2.09. The Hall–Kier alpha value is -1.55. The van der Waals surface area contributed by atoms with E-state index in [1.807, 2.05) is 24.3 Å². The van der Waals surface area contributed by atoms with Gasteiger partial charge in [-0.3, -0.25) is 0 Å². The Bertz CT molecular complexity index is 423. The van der Waals surface area contributed by atoms with Gasteiger partial charge in [0.15, 0.2) is 0 Å². The van der Waals surface area contributed by atoms with Crippen LogP contribution in [0.3, 0.4) is 0 Å². The third-order valence-electron chi connectivity index (χ3n) is 3.99. The van der Waals surface area contributed by atoms with Gasteiger partial charge in [0.25, 0.3) is 0 Å². The molecule has 0 radical (unpaired) electrons. The number of nitrogens with zero attached hydrogens (tertiary/aromatic N) is 1. The Labute approximate surface area is 141 Å². The zero-order chi connectivity index (χ0) is 16.9. The maximum atomic E-state index is 11.9. The maximum absolute atomic E-state index is 11.9. The van der Waals surface area contributed by atoms with Crippen LogP contribution in [0.25, 0.3) is 0 Å². The molecular weight excluding hydrogens is 286 g/mol. The Kier molecular flexibility index (Phi) is 10.1. The number of hydrogen-bond donors (Lipinski definition) is 2. The van der Waals surface area contributed by atoms with Crippen LogP contribution in [-0.4, -0.2) is 37.1 Å². The van der Waals surface area contributed by atoms with E-state index in [2.05, 4.69) is 36.3 Å². The Balaban J connectivity index is 2.29. The molecule has 23 heavy (non-hydrogen) atoms. The second-order valence-electron chi connectivity index (χ2n) is 5.98. The van der Waals surface area contributed by atoms with Gasteiger partial charge in [0.2, 0.25) is 0 Å². The molecule has 0 saturated heterocycles. The molecule has 0 aromatic heterocycles. The lowest BCUT2D eigenvalue weighted by molar-refractivity contribution is 0.243. The van der Waals surface area contributed by atoms with Crippen LogP contribution >= 0.6 is 0 Å². The normalized spacial score (nSPS) is 10.8. The summed E-state index contributed by atoms with van der Waals surface area (Å²) < 4.78 is 0. The summed E-state index contributed by atoms with van der Waals surface area (Å²) in [5.41, 5.74) is 2.12. The molecule has 4 nitrogen and oxygen atoms in total. The fourth-order valence-corrected chi connectivity index (χ4v) is 2.43. The zero-order valence-electron chi connectivity index (χ0n) is 15.0. The summed E-state index contributed by atoms with van der Waals surface area (Å²) in [7, 11) is 0. The molecule has 0 fully saturated rings. The first-order chi connectivity index (χ1) is 11.2. The summed E-state index contributed by atoms with van der Waals surface area (Å²) in [6.45, 7) is 10.4. The third kappa shape index (κ3) is 8.60. The predicted octanol–water partition coefficient (Wildman–Crippen LogP) is 4.27. The molecule has 0 atom stereocenters. The van der Waals surface area contributed by atoms with E-state index < -0.39 is 0 Å². The molecule has 0 bridgehead atoms. The van der Waals surface area contributed by atoms with Crippen LogP contribution in [0.5, 0.6) is 0 Å². The number of carbonyl (C=O) groups is 1. The highest BCUT2D eigenvalue weighted by Gasteiger charge is 2.05. The van der Waals surface area contributed by atoms with Gasteiger partial charge in [0, 0.05) is 18.8 Å². The second kappa shape index (κ2) is 11.9. The molecule has 2 amide bonds. The topological polar surface area (TPSA) is 44.4 Å². The quantitative estimate of drug-likeness (QED) is 0.639. The van der Waals surface area contributed by atoms with Gasteiger partial charge in [-0.15, -0.1) is 0 Å². The number of rotatable bonds is 11. The number of nitrogens with one attached hydrogen (secondary N) is 2. The van der Waals surface area contributed by atoms with Crippen LogP contribution in [0, 0.1) is 0 Å². The van der Waals surface area contributed by atoms with E-state index in [1.54, 1.807) is 0 Å². The Morgan fingerprint density at radius 2 is 1.57 bits per heavy atom. The average Bonchev–Trinajstić information content (AvgIpc) is 2.57. The monoisotopic (exact) mass is 319 g/mol. The van der Waals surface area contributed by atoms with Crippen molar-refractivity contribution < 1.29 is 4.79 Å². The average molecular weight is 319 g/mol. The van der Waals surface area contributed by atoms with E-state index in [-0.39, 0.29) is 6.03 Å². The summed E-state index contributed by atoms with van der Waals surface area (Å²) in [5.74, 6) is 0. The Morgan fingerprint density at radius 1 is 0.957 bits per heavy atom. The van der Waals surface area contributed by atoms with Gasteiger partial charge in [-0.05, 0) is 50.0 Å². The minimum Gasteiger partial charge on any atom is -0.337 e. The zero-order valence-corrected chi connectivity index (χ0v) is 15.0. The van der Waals surface area contributed by atoms with Crippen LogP contribution in [0.1, 0.15) is 52.0 Å². The van der Waals surface area contributed by atoms with Gasteiger partial charge in [0.1, 0.15) is 0 Å². The van der Waals surface area contributed by atoms with E-state index in [0.29, 0.717) is 6.54 Å². The van der Waals surface area contributed by atoms with E-state index in [4.69, 9.17) is 0 Å².